The van der Waals surface area contributed by atoms with Gasteiger partial charge in [0.2, 0.25) is 5.91 Å². The maximum Gasteiger partial charge on any atom is 0.231 e. The predicted octanol–water partition coefficient (Wildman–Crippen LogP) is 1.67. The number of carbonyl (C=O) groups excluding carboxylic acids is 2. The molecule has 0 spiro atoms. The Morgan fingerprint density at radius 1 is 1.18 bits per heavy atom. The SMILES string of the molecule is CC(=O)CC(=O)Nc1ccc(CN(C)C)cc1. The lowest BCUT2D eigenvalue weighted by Gasteiger charge is -2.10. The molecule has 0 bridgehead atoms. The third kappa shape index (κ3) is 5.26. The Balaban J connectivity index is 2.56. The van der Waals surface area contributed by atoms with Crippen LogP contribution in [0.4, 0.5) is 5.69 Å². The largest absolute Gasteiger partial charge is 0.326 e. The van der Waals surface area contributed by atoms with Crippen LogP contribution in [0.15, 0.2) is 24.3 Å². The van der Waals surface area contributed by atoms with Crippen molar-refractivity contribution in [3.8, 4) is 0 Å². The van der Waals surface area contributed by atoms with E-state index >= 15 is 0 Å². The Hall–Kier alpha value is -1.68. The van der Waals surface area contributed by atoms with Crippen LogP contribution in [0.3, 0.4) is 0 Å². The minimum absolute atomic E-state index is 0.0700. The van der Waals surface area contributed by atoms with Crippen LogP contribution in [0.25, 0.3) is 0 Å². The zero-order valence-electron chi connectivity index (χ0n) is 10.5. The Morgan fingerprint density at radius 2 is 1.76 bits per heavy atom. The lowest BCUT2D eigenvalue weighted by atomic mass is 10.2. The van der Waals surface area contributed by atoms with E-state index in [2.05, 4.69) is 10.2 Å². The van der Waals surface area contributed by atoms with E-state index in [0.717, 1.165) is 12.2 Å². The van der Waals surface area contributed by atoms with E-state index in [4.69, 9.17) is 0 Å². The van der Waals surface area contributed by atoms with E-state index in [1.807, 2.05) is 38.4 Å². The van der Waals surface area contributed by atoms with Gasteiger partial charge < -0.3 is 10.2 Å². The number of ketones is 1. The van der Waals surface area contributed by atoms with Gasteiger partial charge in [-0.3, -0.25) is 9.59 Å². The summed E-state index contributed by atoms with van der Waals surface area (Å²) < 4.78 is 0. The quantitative estimate of drug-likeness (QED) is 0.788. The molecule has 0 saturated carbocycles. The third-order valence-electron chi connectivity index (χ3n) is 2.15. The zero-order chi connectivity index (χ0) is 12.8. The van der Waals surface area contributed by atoms with Gasteiger partial charge in [-0.2, -0.15) is 0 Å². The second-order valence-electron chi connectivity index (χ2n) is 4.36. The highest BCUT2D eigenvalue weighted by Gasteiger charge is 2.05. The molecule has 1 aromatic rings. The average molecular weight is 234 g/mol. The second kappa shape index (κ2) is 6.15. The predicted molar refractivity (Wildman–Crippen MR) is 67.8 cm³/mol. The minimum atomic E-state index is -0.266. The number of rotatable bonds is 5. The minimum Gasteiger partial charge on any atom is -0.326 e. The Labute approximate surface area is 102 Å². The molecule has 4 nitrogen and oxygen atoms in total. The summed E-state index contributed by atoms with van der Waals surface area (Å²) in [6.45, 7) is 2.27. The van der Waals surface area contributed by atoms with Gasteiger partial charge in [0.1, 0.15) is 5.78 Å². The zero-order valence-corrected chi connectivity index (χ0v) is 10.5. The molecule has 0 radical (unpaired) electrons. The van der Waals surface area contributed by atoms with E-state index in [1.54, 1.807) is 0 Å². The number of benzene rings is 1. The number of nitrogens with zero attached hydrogens (tertiary/aromatic N) is 1. The summed E-state index contributed by atoms with van der Waals surface area (Å²) in [6.07, 6.45) is -0.0700. The molecular weight excluding hydrogens is 216 g/mol. The summed E-state index contributed by atoms with van der Waals surface area (Å²) in [4.78, 5) is 24.2. The molecule has 1 amide bonds. The van der Waals surface area contributed by atoms with E-state index in [-0.39, 0.29) is 18.1 Å². The van der Waals surface area contributed by atoms with Crippen molar-refractivity contribution in [1.29, 1.82) is 0 Å². The van der Waals surface area contributed by atoms with E-state index in [1.165, 1.54) is 12.5 Å². The van der Waals surface area contributed by atoms with Crippen molar-refractivity contribution in [2.24, 2.45) is 0 Å². The normalized spacial score (nSPS) is 10.4. The smallest absolute Gasteiger partial charge is 0.231 e. The molecule has 0 aliphatic heterocycles. The Morgan fingerprint density at radius 3 is 2.24 bits per heavy atom. The maximum atomic E-state index is 11.3. The Kier molecular flexibility index (Phi) is 4.84. The molecule has 92 valence electrons. The Bertz CT molecular complexity index is 396. The number of carbonyl (C=O) groups is 2. The first-order valence-electron chi connectivity index (χ1n) is 5.50. The van der Waals surface area contributed by atoms with Crippen LogP contribution in [0.1, 0.15) is 18.9 Å². The molecule has 0 saturated heterocycles. The lowest BCUT2D eigenvalue weighted by molar-refractivity contribution is -0.124. The number of amides is 1. The average Bonchev–Trinajstić information content (AvgIpc) is 2.18. The number of hydrogen-bond acceptors (Lipinski definition) is 3. The molecule has 0 atom stereocenters. The highest BCUT2D eigenvalue weighted by molar-refractivity contribution is 6.03. The van der Waals surface area contributed by atoms with E-state index in [0.29, 0.717) is 0 Å². The summed E-state index contributed by atoms with van der Waals surface area (Å²) in [5.74, 6) is -0.399. The van der Waals surface area contributed by atoms with Crippen molar-refractivity contribution >= 4 is 17.4 Å². The highest BCUT2D eigenvalue weighted by Crippen LogP contribution is 2.10. The standard InChI is InChI=1S/C13H18N2O2/c1-10(16)8-13(17)14-12-6-4-11(5-7-12)9-15(2)3/h4-7H,8-9H2,1-3H3,(H,14,17). The fraction of sp³-hybridized carbons (Fsp3) is 0.385. The van der Waals surface area contributed by atoms with Gasteiger partial charge in [-0.1, -0.05) is 12.1 Å². The first kappa shape index (κ1) is 13.4. The molecule has 0 aliphatic carbocycles. The molecule has 4 heteroatoms. The van der Waals surface area contributed by atoms with Crippen molar-refractivity contribution in [1.82, 2.24) is 4.90 Å². The second-order valence-corrected chi connectivity index (χ2v) is 4.36. The van der Waals surface area contributed by atoms with Crippen LogP contribution < -0.4 is 5.32 Å². The number of hydrogen-bond donors (Lipinski definition) is 1. The van der Waals surface area contributed by atoms with Gasteiger partial charge >= 0.3 is 0 Å². The van der Waals surface area contributed by atoms with Gasteiger partial charge in [0.25, 0.3) is 0 Å². The third-order valence-corrected chi connectivity index (χ3v) is 2.15. The molecular formula is C13H18N2O2. The van der Waals surface area contributed by atoms with E-state index < -0.39 is 0 Å². The van der Waals surface area contributed by atoms with Gasteiger partial charge in [-0.05, 0) is 38.7 Å². The van der Waals surface area contributed by atoms with Crippen LogP contribution in [-0.4, -0.2) is 30.7 Å². The molecule has 0 aliphatic rings. The van der Waals surface area contributed by atoms with Gasteiger partial charge in [0.15, 0.2) is 0 Å². The highest BCUT2D eigenvalue weighted by atomic mass is 16.2. The first-order chi connectivity index (χ1) is 7.97. The summed E-state index contributed by atoms with van der Waals surface area (Å²) >= 11 is 0. The summed E-state index contributed by atoms with van der Waals surface area (Å²) in [6, 6.07) is 7.61. The van der Waals surface area contributed by atoms with Crippen molar-refractivity contribution < 1.29 is 9.59 Å². The van der Waals surface area contributed by atoms with E-state index in [9.17, 15) is 9.59 Å². The van der Waals surface area contributed by atoms with Crippen LogP contribution in [0, 0.1) is 0 Å². The monoisotopic (exact) mass is 234 g/mol. The number of Topliss-reactive ketones (excluding diaryl/α,β-unsaturated/α-hetero) is 1. The van der Waals surface area contributed by atoms with Crippen molar-refractivity contribution in [2.45, 2.75) is 19.9 Å². The molecule has 1 N–H and O–H groups in total. The molecule has 17 heavy (non-hydrogen) atoms. The first-order valence-corrected chi connectivity index (χ1v) is 5.50. The van der Waals surface area contributed by atoms with Gasteiger partial charge in [-0.25, -0.2) is 0 Å². The van der Waals surface area contributed by atoms with Crippen molar-refractivity contribution in [3.05, 3.63) is 29.8 Å². The van der Waals surface area contributed by atoms with Crippen molar-refractivity contribution in [2.75, 3.05) is 19.4 Å². The van der Waals surface area contributed by atoms with Gasteiger partial charge in [0.05, 0.1) is 6.42 Å². The lowest BCUT2D eigenvalue weighted by Crippen LogP contribution is -2.15. The van der Waals surface area contributed by atoms with Gasteiger partial charge in [0, 0.05) is 12.2 Å². The van der Waals surface area contributed by atoms with Crippen LogP contribution in [0.5, 0.6) is 0 Å². The number of anilines is 1. The van der Waals surface area contributed by atoms with Crippen LogP contribution >= 0.6 is 0 Å². The summed E-state index contributed by atoms with van der Waals surface area (Å²) in [5, 5.41) is 2.68. The molecule has 0 unspecified atom stereocenters. The molecule has 0 aromatic heterocycles. The molecule has 0 fully saturated rings. The molecule has 1 rings (SSSR count). The molecule has 0 heterocycles. The summed E-state index contributed by atoms with van der Waals surface area (Å²) in [7, 11) is 4.01. The van der Waals surface area contributed by atoms with Crippen molar-refractivity contribution in [3.63, 3.8) is 0 Å². The summed E-state index contributed by atoms with van der Waals surface area (Å²) in [5.41, 5.74) is 1.90. The maximum absolute atomic E-state index is 11.3. The number of nitrogens with one attached hydrogen (secondary N) is 1. The fourth-order valence-electron chi connectivity index (χ4n) is 1.49. The topological polar surface area (TPSA) is 49.4 Å². The van der Waals surface area contributed by atoms with Gasteiger partial charge in [-0.15, -0.1) is 0 Å². The van der Waals surface area contributed by atoms with Crippen LogP contribution in [0.2, 0.25) is 0 Å². The fourth-order valence-corrected chi connectivity index (χ4v) is 1.49. The van der Waals surface area contributed by atoms with Crippen LogP contribution in [-0.2, 0) is 16.1 Å². The molecule has 1 aromatic carbocycles.